The molecule has 1 aromatic carbocycles. The van der Waals surface area contributed by atoms with E-state index < -0.39 is 4.92 Å². The van der Waals surface area contributed by atoms with Gasteiger partial charge in [-0.1, -0.05) is 0 Å². The number of furan rings is 1. The molecule has 0 saturated carbocycles. The molecule has 2 rings (SSSR count). The van der Waals surface area contributed by atoms with Crippen molar-refractivity contribution >= 4 is 17.3 Å². The van der Waals surface area contributed by atoms with Gasteiger partial charge in [-0.25, -0.2) is 0 Å². The second-order valence-corrected chi connectivity index (χ2v) is 4.69. The average Bonchev–Trinajstić information content (AvgIpc) is 3.03. The predicted molar refractivity (Wildman–Crippen MR) is 81.4 cm³/mol. The topological polar surface area (TPSA) is 97.4 Å². The highest BCUT2D eigenvalue weighted by Gasteiger charge is 2.04. The number of rotatable bonds is 8. The van der Waals surface area contributed by atoms with E-state index in [2.05, 4.69) is 10.6 Å². The number of hydrogen-bond acceptors (Lipinski definition) is 5. The number of nitrogens with zero attached hydrogens (tertiary/aromatic N) is 1. The van der Waals surface area contributed by atoms with Gasteiger partial charge in [-0.3, -0.25) is 14.9 Å². The van der Waals surface area contributed by atoms with Gasteiger partial charge in [0.1, 0.15) is 5.76 Å². The van der Waals surface area contributed by atoms with Crippen LogP contribution in [0.3, 0.4) is 0 Å². The molecule has 1 amide bonds. The smallest absolute Gasteiger partial charge is 0.269 e. The maximum Gasteiger partial charge on any atom is 0.269 e. The van der Waals surface area contributed by atoms with Crippen molar-refractivity contribution < 1.29 is 14.1 Å². The van der Waals surface area contributed by atoms with Crippen LogP contribution in [0.15, 0.2) is 47.1 Å². The van der Waals surface area contributed by atoms with Crippen molar-refractivity contribution in [2.24, 2.45) is 0 Å². The lowest BCUT2D eigenvalue weighted by molar-refractivity contribution is -0.384. The molecule has 1 heterocycles. The number of benzene rings is 1. The average molecular weight is 303 g/mol. The van der Waals surface area contributed by atoms with Crippen molar-refractivity contribution in [1.29, 1.82) is 0 Å². The van der Waals surface area contributed by atoms with Crippen LogP contribution < -0.4 is 10.6 Å². The molecule has 0 aliphatic carbocycles. The summed E-state index contributed by atoms with van der Waals surface area (Å²) in [6.45, 7) is 1.01. The van der Waals surface area contributed by atoms with E-state index in [4.69, 9.17) is 4.42 Å². The zero-order chi connectivity index (χ0) is 15.8. The highest BCUT2D eigenvalue weighted by atomic mass is 16.6. The summed E-state index contributed by atoms with van der Waals surface area (Å²) in [6.07, 6.45) is 2.64. The Labute approximate surface area is 127 Å². The first-order chi connectivity index (χ1) is 10.6. The minimum atomic E-state index is -0.437. The second-order valence-electron chi connectivity index (χ2n) is 4.69. The predicted octanol–water partition coefficient (Wildman–Crippen LogP) is 2.70. The number of non-ortho nitro benzene ring substituents is 1. The van der Waals surface area contributed by atoms with Gasteiger partial charge in [0.2, 0.25) is 5.91 Å². The van der Waals surface area contributed by atoms with Crippen LogP contribution in [0.2, 0.25) is 0 Å². The van der Waals surface area contributed by atoms with Crippen molar-refractivity contribution in [3.05, 3.63) is 58.5 Å². The van der Waals surface area contributed by atoms with Crippen molar-refractivity contribution in [3.8, 4) is 0 Å². The molecule has 0 saturated heterocycles. The Morgan fingerprint density at radius 3 is 2.64 bits per heavy atom. The molecule has 0 atom stereocenters. The first-order valence-corrected chi connectivity index (χ1v) is 6.92. The van der Waals surface area contributed by atoms with Gasteiger partial charge < -0.3 is 15.1 Å². The molecule has 7 nitrogen and oxygen atoms in total. The van der Waals surface area contributed by atoms with Crippen LogP contribution in [-0.4, -0.2) is 17.4 Å². The fourth-order valence-corrected chi connectivity index (χ4v) is 1.87. The molecule has 0 fully saturated rings. The Bertz CT molecular complexity index is 608. The van der Waals surface area contributed by atoms with Crippen LogP contribution in [0.25, 0.3) is 0 Å². The number of hydrogen-bond donors (Lipinski definition) is 2. The Morgan fingerprint density at radius 1 is 1.23 bits per heavy atom. The van der Waals surface area contributed by atoms with Gasteiger partial charge in [0.25, 0.3) is 5.69 Å². The lowest BCUT2D eigenvalue weighted by Crippen LogP contribution is -2.22. The van der Waals surface area contributed by atoms with Crippen molar-refractivity contribution in [2.45, 2.75) is 19.4 Å². The van der Waals surface area contributed by atoms with E-state index in [1.807, 2.05) is 0 Å². The number of anilines is 1. The second kappa shape index (κ2) is 7.82. The maximum atomic E-state index is 11.6. The van der Waals surface area contributed by atoms with Crippen LogP contribution in [0.1, 0.15) is 18.6 Å². The molecular formula is C15H17N3O4. The number of nitrogens with one attached hydrogen (secondary N) is 2. The number of amides is 1. The molecule has 0 aliphatic heterocycles. The highest BCUT2D eigenvalue weighted by molar-refractivity contribution is 5.75. The SMILES string of the molecule is O=C(CCCNc1ccc([N+](=O)[O-])cc1)NCc1ccco1. The van der Waals surface area contributed by atoms with Crippen LogP contribution >= 0.6 is 0 Å². The minimum absolute atomic E-state index is 0.0399. The van der Waals surface area contributed by atoms with E-state index in [1.54, 1.807) is 30.5 Å². The van der Waals surface area contributed by atoms with Gasteiger partial charge in [0, 0.05) is 30.8 Å². The summed E-state index contributed by atoms with van der Waals surface area (Å²) in [5, 5.41) is 16.4. The van der Waals surface area contributed by atoms with Gasteiger partial charge >= 0.3 is 0 Å². The lowest BCUT2D eigenvalue weighted by atomic mass is 10.2. The largest absolute Gasteiger partial charge is 0.467 e. The zero-order valence-corrected chi connectivity index (χ0v) is 12.0. The maximum absolute atomic E-state index is 11.6. The van der Waals surface area contributed by atoms with E-state index in [1.165, 1.54) is 12.1 Å². The number of nitro groups is 1. The van der Waals surface area contributed by atoms with Gasteiger partial charge in [-0.2, -0.15) is 0 Å². The number of carbonyl (C=O) groups excluding carboxylic acids is 1. The first-order valence-electron chi connectivity index (χ1n) is 6.92. The molecule has 116 valence electrons. The normalized spacial score (nSPS) is 10.2. The third kappa shape index (κ3) is 4.93. The fraction of sp³-hybridized carbons (Fsp3) is 0.267. The first kappa shape index (κ1) is 15.6. The van der Waals surface area contributed by atoms with E-state index in [0.29, 0.717) is 25.9 Å². The molecule has 0 bridgehead atoms. The molecule has 0 radical (unpaired) electrons. The number of carbonyl (C=O) groups is 1. The highest BCUT2D eigenvalue weighted by Crippen LogP contribution is 2.15. The van der Waals surface area contributed by atoms with Crippen LogP contribution in [0.4, 0.5) is 11.4 Å². The minimum Gasteiger partial charge on any atom is -0.467 e. The van der Waals surface area contributed by atoms with Crippen LogP contribution in [0.5, 0.6) is 0 Å². The molecular weight excluding hydrogens is 286 g/mol. The summed E-state index contributed by atoms with van der Waals surface area (Å²) >= 11 is 0. The quantitative estimate of drug-likeness (QED) is 0.444. The third-order valence-electron chi connectivity index (χ3n) is 3.03. The van der Waals surface area contributed by atoms with E-state index in [0.717, 1.165) is 11.4 Å². The fourth-order valence-electron chi connectivity index (χ4n) is 1.87. The van der Waals surface area contributed by atoms with Gasteiger partial charge in [-0.05, 0) is 30.7 Å². The molecule has 0 aliphatic rings. The lowest BCUT2D eigenvalue weighted by Gasteiger charge is -2.06. The third-order valence-corrected chi connectivity index (χ3v) is 3.03. The van der Waals surface area contributed by atoms with Crippen molar-refractivity contribution in [1.82, 2.24) is 5.32 Å². The Hall–Kier alpha value is -2.83. The summed E-state index contributed by atoms with van der Waals surface area (Å²) < 4.78 is 5.12. The molecule has 2 aromatic rings. The van der Waals surface area contributed by atoms with Gasteiger partial charge in [0.15, 0.2) is 0 Å². The van der Waals surface area contributed by atoms with E-state index in [9.17, 15) is 14.9 Å². The Balaban J connectivity index is 1.62. The number of nitro benzene ring substituents is 1. The summed E-state index contributed by atoms with van der Waals surface area (Å²) in [6, 6.07) is 9.76. The van der Waals surface area contributed by atoms with Crippen LogP contribution in [-0.2, 0) is 11.3 Å². The Morgan fingerprint density at radius 2 is 2.00 bits per heavy atom. The van der Waals surface area contributed by atoms with Crippen molar-refractivity contribution in [2.75, 3.05) is 11.9 Å². The molecule has 22 heavy (non-hydrogen) atoms. The van der Waals surface area contributed by atoms with Gasteiger partial charge in [-0.15, -0.1) is 0 Å². The van der Waals surface area contributed by atoms with E-state index in [-0.39, 0.29) is 11.6 Å². The summed E-state index contributed by atoms with van der Waals surface area (Å²) in [5.41, 5.74) is 0.851. The van der Waals surface area contributed by atoms with Crippen molar-refractivity contribution in [3.63, 3.8) is 0 Å². The van der Waals surface area contributed by atoms with Crippen LogP contribution in [0, 0.1) is 10.1 Å². The molecule has 0 spiro atoms. The molecule has 7 heteroatoms. The standard InChI is InChI=1S/C15H17N3O4/c19-15(17-11-14-3-2-10-22-14)4-1-9-16-12-5-7-13(8-6-12)18(20)21/h2-3,5-8,10,16H,1,4,9,11H2,(H,17,19). The molecule has 1 aromatic heterocycles. The summed E-state index contributed by atoms with van der Waals surface area (Å²) in [7, 11) is 0. The zero-order valence-electron chi connectivity index (χ0n) is 12.0. The monoisotopic (exact) mass is 303 g/mol. The summed E-state index contributed by atoms with van der Waals surface area (Å²) in [5.74, 6) is 0.680. The van der Waals surface area contributed by atoms with E-state index >= 15 is 0 Å². The Kier molecular flexibility index (Phi) is 5.53. The molecule has 2 N–H and O–H groups in total. The summed E-state index contributed by atoms with van der Waals surface area (Å²) in [4.78, 5) is 21.7. The van der Waals surface area contributed by atoms with Gasteiger partial charge in [0.05, 0.1) is 17.7 Å². The molecule has 0 unspecified atom stereocenters.